The summed E-state index contributed by atoms with van der Waals surface area (Å²) in [6.45, 7) is 3.98. The molecule has 122 valence electrons. The van der Waals surface area contributed by atoms with Crippen LogP contribution in [0.4, 0.5) is 4.39 Å². The number of halogens is 1. The minimum atomic E-state index is -0.192. The lowest BCUT2D eigenvalue weighted by atomic mass is 10.00. The van der Waals surface area contributed by atoms with E-state index in [1.165, 1.54) is 11.6 Å². The van der Waals surface area contributed by atoms with Crippen LogP contribution in [0.3, 0.4) is 0 Å². The van der Waals surface area contributed by atoms with E-state index in [9.17, 15) is 4.39 Å². The van der Waals surface area contributed by atoms with Gasteiger partial charge < -0.3 is 14.8 Å². The second kappa shape index (κ2) is 6.36. The Morgan fingerprint density at radius 1 is 1.35 bits per heavy atom. The first-order valence-corrected chi connectivity index (χ1v) is 7.66. The van der Waals surface area contributed by atoms with Crippen LogP contribution in [0.1, 0.15) is 22.8 Å². The number of guanidine groups is 1. The van der Waals surface area contributed by atoms with Crippen molar-refractivity contribution in [2.24, 2.45) is 12.0 Å². The van der Waals surface area contributed by atoms with Crippen molar-refractivity contribution in [2.75, 3.05) is 13.6 Å². The van der Waals surface area contributed by atoms with Crippen molar-refractivity contribution in [3.63, 3.8) is 0 Å². The first-order chi connectivity index (χ1) is 11.1. The standard InChI is InChI=1S/C16H21FN6/c1-11-20-21-15(22(11)3)9-19-16(18-2)23-7-6-12-4-5-14(17)8-13(12)10-23/h4-5,8H,6-7,9-10H2,1-3H3,(H,18,19). The Hall–Kier alpha value is -2.44. The predicted octanol–water partition coefficient (Wildman–Crippen LogP) is 1.40. The molecule has 23 heavy (non-hydrogen) atoms. The Morgan fingerprint density at radius 2 is 2.17 bits per heavy atom. The average Bonchev–Trinajstić information content (AvgIpc) is 2.87. The number of nitrogens with zero attached hydrogens (tertiary/aromatic N) is 5. The summed E-state index contributed by atoms with van der Waals surface area (Å²) in [5.74, 6) is 2.33. The number of rotatable bonds is 2. The third kappa shape index (κ3) is 3.18. The van der Waals surface area contributed by atoms with Crippen LogP contribution >= 0.6 is 0 Å². The molecule has 2 heterocycles. The average molecular weight is 316 g/mol. The Morgan fingerprint density at radius 3 is 2.87 bits per heavy atom. The van der Waals surface area contributed by atoms with E-state index in [1.54, 1.807) is 13.1 Å². The van der Waals surface area contributed by atoms with Gasteiger partial charge in [0.1, 0.15) is 11.6 Å². The molecule has 1 N–H and O–H groups in total. The van der Waals surface area contributed by atoms with Crippen molar-refractivity contribution in [2.45, 2.75) is 26.4 Å². The number of fused-ring (bicyclic) bond motifs is 1. The minimum Gasteiger partial charge on any atom is -0.349 e. The molecule has 0 saturated carbocycles. The quantitative estimate of drug-likeness (QED) is 0.672. The fourth-order valence-electron chi connectivity index (χ4n) is 2.80. The van der Waals surface area contributed by atoms with Gasteiger partial charge in [-0.25, -0.2) is 4.39 Å². The maximum atomic E-state index is 13.4. The molecule has 0 unspecified atom stereocenters. The summed E-state index contributed by atoms with van der Waals surface area (Å²) in [5, 5.41) is 11.5. The number of hydrogen-bond donors (Lipinski definition) is 1. The smallest absolute Gasteiger partial charge is 0.194 e. The Bertz CT molecular complexity index is 736. The van der Waals surface area contributed by atoms with E-state index < -0.39 is 0 Å². The van der Waals surface area contributed by atoms with Crippen LogP contribution in [-0.4, -0.2) is 39.2 Å². The maximum absolute atomic E-state index is 13.4. The molecule has 0 spiro atoms. The predicted molar refractivity (Wildman–Crippen MR) is 86.5 cm³/mol. The van der Waals surface area contributed by atoms with Gasteiger partial charge in [0.05, 0.1) is 6.54 Å². The summed E-state index contributed by atoms with van der Waals surface area (Å²) in [7, 11) is 3.69. The molecule has 1 aliphatic heterocycles. The van der Waals surface area contributed by atoms with Crippen molar-refractivity contribution in [1.82, 2.24) is 25.0 Å². The van der Waals surface area contributed by atoms with E-state index in [1.807, 2.05) is 24.6 Å². The molecule has 0 aliphatic carbocycles. The second-order valence-electron chi connectivity index (χ2n) is 5.71. The third-order valence-electron chi connectivity index (χ3n) is 4.28. The topological polar surface area (TPSA) is 58.3 Å². The first kappa shape index (κ1) is 15.5. The lowest BCUT2D eigenvalue weighted by Gasteiger charge is -2.31. The number of nitrogens with one attached hydrogen (secondary N) is 1. The largest absolute Gasteiger partial charge is 0.349 e. The molecular weight excluding hydrogens is 295 g/mol. The van der Waals surface area contributed by atoms with Gasteiger partial charge in [-0.05, 0) is 36.6 Å². The third-order valence-corrected chi connectivity index (χ3v) is 4.28. The van der Waals surface area contributed by atoms with Gasteiger partial charge in [0.15, 0.2) is 11.8 Å². The number of aryl methyl sites for hydroxylation is 1. The fourth-order valence-corrected chi connectivity index (χ4v) is 2.80. The van der Waals surface area contributed by atoms with Gasteiger partial charge in [0.2, 0.25) is 0 Å². The van der Waals surface area contributed by atoms with E-state index in [4.69, 9.17) is 0 Å². The van der Waals surface area contributed by atoms with Crippen LogP contribution in [0.2, 0.25) is 0 Å². The lowest BCUT2D eigenvalue weighted by Crippen LogP contribution is -2.44. The Labute approximate surface area is 135 Å². The number of hydrogen-bond acceptors (Lipinski definition) is 3. The molecule has 0 radical (unpaired) electrons. The van der Waals surface area contributed by atoms with Gasteiger partial charge in [0, 0.05) is 27.2 Å². The van der Waals surface area contributed by atoms with Crippen LogP contribution in [0.25, 0.3) is 0 Å². The molecule has 1 aliphatic rings. The molecule has 0 saturated heterocycles. The van der Waals surface area contributed by atoms with E-state index in [0.29, 0.717) is 13.1 Å². The summed E-state index contributed by atoms with van der Waals surface area (Å²) < 4.78 is 15.4. The zero-order valence-electron chi connectivity index (χ0n) is 13.7. The summed E-state index contributed by atoms with van der Waals surface area (Å²) in [6, 6.07) is 5.01. The molecule has 1 aromatic carbocycles. The number of benzene rings is 1. The molecule has 2 aromatic rings. The van der Waals surface area contributed by atoms with Crippen molar-refractivity contribution in [1.29, 1.82) is 0 Å². The molecule has 6 nitrogen and oxygen atoms in total. The Balaban J connectivity index is 1.69. The molecule has 0 amide bonds. The highest BCUT2D eigenvalue weighted by atomic mass is 19.1. The lowest BCUT2D eigenvalue weighted by molar-refractivity contribution is 0.376. The second-order valence-corrected chi connectivity index (χ2v) is 5.71. The maximum Gasteiger partial charge on any atom is 0.194 e. The monoisotopic (exact) mass is 316 g/mol. The summed E-state index contributed by atoms with van der Waals surface area (Å²) in [5.41, 5.74) is 2.23. The van der Waals surface area contributed by atoms with Crippen molar-refractivity contribution in [3.05, 3.63) is 46.8 Å². The van der Waals surface area contributed by atoms with E-state index in [-0.39, 0.29) is 5.82 Å². The molecule has 0 atom stereocenters. The van der Waals surface area contributed by atoms with E-state index in [2.05, 4.69) is 25.4 Å². The SMILES string of the molecule is CN=C(NCc1nnc(C)n1C)N1CCc2ccc(F)cc2C1. The van der Waals surface area contributed by atoms with Gasteiger partial charge in [0.25, 0.3) is 0 Å². The zero-order chi connectivity index (χ0) is 16.4. The normalized spacial score (nSPS) is 14.8. The highest BCUT2D eigenvalue weighted by Gasteiger charge is 2.19. The molecule has 7 heteroatoms. The molecule has 0 bridgehead atoms. The van der Waals surface area contributed by atoms with Crippen molar-refractivity contribution < 1.29 is 4.39 Å². The van der Waals surface area contributed by atoms with Crippen LogP contribution in [-0.2, 0) is 26.6 Å². The molecule has 0 fully saturated rings. The summed E-state index contributed by atoms with van der Waals surface area (Å²) >= 11 is 0. The highest BCUT2D eigenvalue weighted by Crippen LogP contribution is 2.20. The zero-order valence-corrected chi connectivity index (χ0v) is 13.7. The van der Waals surface area contributed by atoms with Crippen molar-refractivity contribution >= 4 is 5.96 Å². The fraction of sp³-hybridized carbons (Fsp3) is 0.438. The van der Waals surface area contributed by atoms with Crippen LogP contribution in [0.5, 0.6) is 0 Å². The highest BCUT2D eigenvalue weighted by molar-refractivity contribution is 5.80. The van der Waals surface area contributed by atoms with Gasteiger partial charge in [-0.15, -0.1) is 10.2 Å². The molecule has 3 rings (SSSR count). The van der Waals surface area contributed by atoms with Crippen molar-refractivity contribution in [3.8, 4) is 0 Å². The van der Waals surface area contributed by atoms with E-state index in [0.717, 1.165) is 36.1 Å². The van der Waals surface area contributed by atoms with Gasteiger partial charge in [-0.1, -0.05) is 6.07 Å². The molecular formula is C16H21FN6. The van der Waals surface area contributed by atoms with Crippen LogP contribution in [0, 0.1) is 12.7 Å². The number of aliphatic imine (C=N–C) groups is 1. The van der Waals surface area contributed by atoms with Gasteiger partial charge in [-0.2, -0.15) is 0 Å². The van der Waals surface area contributed by atoms with Gasteiger partial charge >= 0.3 is 0 Å². The Kier molecular flexibility index (Phi) is 4.27. The van der Waals surface area contributed by atoms with Crippen LogP contribution in [0.15, 0.2) is 23.2 Å². The van der Waals surface area contributed by atoms with E-state index >= 15 is 0 Å². The summed E-state index contributed by atoms with van der Waals surface area (Å²) in [4.78, 5) is 6.47. The number of aromatic nitrogens is 3. The summed E-state index contributed by atoms with van der Waals surface area (Å²) in [6.07, 6.45) is 0.888. The minimum absolute atomic E-state index is 0.192. The first-order valence-electron chi connectivity index (χ1n) is 7.66. The van der Waals surface area contributed by atoms with Gasteiger partial charge in [-0.3, -0.25) is 4.99 Å². The van der Waals surface area contributed by atoms with Crippen LogP contribution < -0.4 is 5.32 Å². The molecule has 1 aromatic heterocycles.